The maximum Gasteiger partial charge on any atom is 0.242 e. The minimum atomic E-state index is -0.483. The van der Waals surface area contributed by atoms with E-state index in [4.69, 9.17) is 22.1 Å². The number of nitrogens with two attached hydrogens (primary N) is 1. The maximum absolute atomic E-state index is 12.8. The molecule has 3 N–H and O–H groups in total. The fourth-order valence-corrected chi connectivity index (χ4v) is 3.53. The normalized spacial score (nSPS) is 14.2. The summed E-state index contributed by atoms with van der Waals surface area (Å²) < 4.78 is 5.44. The van der Waals surface area contributed by atoms with Gasteiger partial charge in [-0.25, -0.2) is 4.98 Å². The Hall–Kier alpha value is -4.08. The molecule has 1 aromatic heterocycles. The molecular weight excluding hydrogens is 436 g/mol. The molecule has 1 aliphatic heterocycles. The molecule has 7 heteroatoms. The predicted molar refractivity (Wildman–Crippen MR) is 131 cm³/mol. The minimum Gasteiger partial charge on any atom is -0.494 e. The van der Waals surface area contributed by atoms with Crippen molar-refractivity contribution in [2.24, 2.45) is 0 Å². The summed E-state index contributed by atoms with van der Waals surface area (Å²) in [7, 11) is 0. The number of rotatable bonds is 6. The Morgan fingerprint density at radius 1 is 1.06 bits per heavy atom. The Labute approximate surface area is 197 Å². The zero-order chi connectivity index (χ0) is 23.0. The summed E-state index contributed by atoms with van der Waals surface area (Å²) in [4.78, 5) is 20.9. The quantitative estimate of drug-likeness (QED) is 0.218. The SMILES string of the molecule is Nc1nc(Cl)c(C(=O)C#CCCC2C=CC=CO2)c(Nc2ccc(-c3ccccc3)cc2)n1. The van der Waals surface area contributed by atoms with Gasteiger partial charge >= 0.3 is 0 Å². The van der Waals surface area contributed by atoms with E-state index in [0.717, 1.165) is 16.8 Å². The molecule has 4 rings (SSSR count). The van der Waals surface area contributed by atoms with E-state index in [1.54, 1.807) is 6.26 Å². The first-order valence-corrected chi connectivity index (χ1v) is 10.8. The van der Waals surface area contributed by atoms with Crippen molar-refractivity contribution in [2.45, 2.75) is 18.9 Å². The highest BCUT2D eigenvalue weighted by atomic mass is 35.5. The van der Waals surface area contributed by atoms with E-state index in [-0.39, 0.29) is 28.6 Å². The second-order valence-electron chi connectivity index (χ2n) is 7.22. The number of ether oxygens (including phenoxy) is 1. The van der Waals surface area contributed by atoms with Crippen LogP contribution in [-0.4, -0.2) is 21.9 Å². The van der Waals surface area contributed by atoms with Gasteiger partial charge in [-0.3, -0.25) is 4.79 Å². The van der Waals surface area contributed by atoms with E-state index in [0.29, 0.717) is 12.8 Å². The van der Waals surface area contributed by atoms with Crippen LogP contribution in [0, 0.1) is 11.8 Å². The van der Waals surface area contributed by atoms with Crippen molar-refractivity contribution in [3.05, 3.63) is 89.8 Å². The number of carbonyl (C=O) groups excluding carboxylic acids is 1. The lowest BCUT2D eigenvalue weighted by Gasteiger charge is -2.12. The second kappa shape index (κ2) is 10.5. The van der Waals surface area contributed by atoms with Gasteiger partial charge in [0, 0.05) is 12.1 Å². The number of hydrogen-bond acceptors (Lipinski definition) is 6. The Morgan fingerprint density at radius 3 is 2.55 bits per heavy atom. The van der Waals surface area contributed by atoms with Crippen molar-refractivity contribution in [1.82, 2.24) is 9.97 Å². The van der Waals surface area contributed by atoms with Crippen molar-refractivity contribution < 1.29 is 9.53 Å². The average Bonchev–Trinajstić information content (AvgIpc) is 2.83. The smallest absolute Gasteiger partial charge is 0.242 e. The summed E-state index contributed by atoms with van der Waals surface area (Å²) in [6.45, 7) is 0. The number of nitrogen functional groups attached to an aromatic ring is 1. The maximum atomic E-state index is 12.8. The van der Waals surface area contributed by atoms with Crippen molar-refractivity contribution in [3.8, 4) is 23.0 Å². The summed E-state index contributed by atoms with van der Waals surface area (Å²) in [5.74, 6) is 5.19. The molecule has 3 aromatic rings. The lowest BCUT2D eigenvalue weighted by atomic mass is 10.1. The molecule has 0 bridgehead atoms. The standard InChI is InChI=1S/C26H21ClN4O2/c27-24-23(22(32)12-5-4-10-21-11-6-7-17-33-21)25(31-26(28)30-24)29-20-15-13-19(14-16-20)18-8-2-1-3-9-18/h1-3,6-9,11,13-17,21H,4,10H2,(H3,28,29,30,31). The van der Waals surface area contributed by atoms with Gasteiger partial charge in [-0.1, -0.05) is 66.1 Å². The number of nitrogens with zero attached hydrogens (tertiary/aromatic N) is 2. The molecule has 164 valence electrons. The molecule has 1 aliphatic rings. The Kier molecular flexibility index (Phi) is 7.03. The second-order valence-corrected chi connectivity index (χ2v) is 7.58. The number of Topliss-reactive ketones (excluding diaryl/α,β-unsaturated/α-hetero) is 1. The number of benzene rings is 2. The van der Waals surface area contributed by atoms with Gasteiger partial charge in [0.25, 0.3) is 0 Å². The summed E-state index contributed by atoms with van der Waals surface area (Å²) in [5, 5.41) is 3.07. The monoisotopic (exact) mass is 456 g/mol. The van der Waals surface area contributed by atoms with Gasteiger partial charge in [0.15, 0.2) is 0 Å². The Morgan fingerprint density at radius 2 is 1.82 bits per heavy atom. The van der Waals surface area contributed by atoms with Crippen molar-refractivity contribution in [3.63, 3.8) is 0 Å². The molecule has 1 atom stereocenters. The molecule has 2 aromatic carbocycles. The van der Waals surface area contributed by atoms with Gasteiger partial charge in [-0.15, -0.1) is 0 Å². The van der Waals surface area contributed by atoms with Crippen LogP contribution in [0.15, 0.2) is 79.1 Å². The zero-order valence-corrected chi connectivity index (χ0v) is 18.4. The van der Waals surface area contributed by atoms with Gasteiger partial charge < -0.3 is 15.8 Å². The van der Waals surface area contributed by atoms with E-state index >= 15 is 0 Å². The van der Waals surface area contributed by atoms with E-state index in [1.165, 1.54) is 0 Å². The van der Waals surface area contributed by atoms with E-state index in [2.05, 4.69) is 27.1 Å². The molecule has 0 saturated carbocycles. The van der Waals surface area contributed by atoms with Crippen LogP contribution in [0.2, 0.25) is 5.15 Å². The third-order valence-electron chi connectivity index (χ3n) is 4.89. The number of ketones is 1. The van der Waals surface area contributed by atoms with E-state index < -0.39 is 5.78 Å². The minimum absolute atomic E-state index is 0.0396. The average molecular weight is 457 g/mol. The first kappa shape index (κ1) is 22.1. The molecule has 0 fully saturated rings. The molecule has 0 saturated heterocycles. The van der Waals surface area contributed by atoms with Crippen LogP contribution in [0.25, 0.3) is 11.1 Å². The molecule has 0 radical (unpaired) electrons. The van der Waals surface area contributed by atoms with Crippen LogP contribution >= 0.6 is 11.6 Å². The summed E-state index contributed by atoms with van der Waals surface area (Å²) in [5.41, 5.74) is 8.75. The van der Waals surface area contributed by atoms with Crippen molar-refractivity contribution in [2.75, 3.05) is 11.1 Å². The first-order valence-electron chi connectivity index (χ1n) is 10.4. The highest BCUT2D eigenvalue weighted by Crippen LogP contribution is 2.27. The molecule has 33 heavy (non-hydrogen) atoms. The number of halogens is 1. The number of allylic oxidation sites excluding steroid dienone is 2. The van der Waals surface area contributed by atoms with Gasteiger partial charge in [0.05, 0.1) is 6.26 Å². The third-order valence-corrected chi connectivity index (χ3v) is 5.16. The van der Waals surface area contributed by atoms with Crippen LogP contribution in [0.3, 0.4) is 0 Å². The van der Waals surface area contributed by atoms with E-state index in [1.807, 2.05) is 72.8 Å². The van der Waals surface area contributed by atoms with Gasteiger partial charge in [0.1, 0.15) is 22.6 Å². The van der Waals surface area contributed by atoms with Crippen LogP contribution in [0.5, 0.6) is 0 Å². The van der Waals surface area contributed by atoms with Crippen LogP contribution in [-0.2, 0) is 4.74 Å². The molecule has 0 spiro atoms. The van der Waals surface area contributed by atoms with Crippen LogP contribution in [0.4, 0.5) is 17.5 Å². The number of carbonyl (C=O) groups is 1. The lowest BCUT2D eigenvalue weighted by molar-refractivity contribution is 0.105. The zero-order valence-electron chi connectivity index (χ0n) is 17.7. The van der Waals surface area contributed by atoms with Crippen molar-refractivity contribution in [1.29, 1.82) is 0 Å². The van der Waals surface area contributed by atoms with Crippen LogP contribution < -0.4 is 11.1 Å². The summed E-state index contributed by atoms with van der Waals surface area (Å²) in [6.07, 6.45) is 8.44. The number of aromatic nitrogens is 2. The van der Waals surface area contributed by atoms with Crippen molar-refractivity contribution >= 4 is 34.8 Å². The van der Waals surface area contributed by atoms with Gasteiger partial charge in [-0.2, -0.15) is 4.98 Å². The Bertz CT molecular complexity index is 1260. The third kappa shape index (κ3) is 5.79. The lowest BCUT2D eigenvalue weighted by Crippen LogP contribution is -2.10. The van der Waals surface area contributed by atoms with Gasteiger partial charge in [0.2, 0.25) is 11.7 Å². The highest BCUT2D eigenvalue weighted by Gasteiger charge is 2.19. The molecule has 0 aliphatic carbocycles. The van der Waals surface area contributed by atoms with E-state index in [9.17, 15) is 4.79 Å². The van der Waals surface area contributed by atoms with Crippen LogP contribution in [0.1, 0.15) is 23.2 Å². The predicted octanol–water partition coefficient (Wildman–Crippen LogP) is 5.56. The topological polar surface area (TPSA) is 90.1 Å². The number of nitrogens with one attached hydrogen (secondary N) is 1. The molecule has 2 heterocycles. The Balaban J connectivity index is 1.50. The molecule has 6 nitrogen and oxygen atoms in total. The fourth-order valence-electron chi connectivity index (χ4n) is 3.26. The fraction of sp³-hybridized carbons (Fsp3) is 0.115. The highest BCUT2D eigenvalue weighted by molar-refractivity contribution is 6.35. The molecule has 0 amide bonds. The number of hydrogen-bond donors (Lipinski definition) is 2. The largest absolute Gasteiger partial charge is 0.494 e. The first-order chi connectivity index (χ1) is 16.1. The van der Waals surface area contributed by atoms with Gasteiger partial charge in [-0.05, 0) is 47.8 Å². The number of anilines is 3. The molecule has 1 unspecified atom stereocenters. The summed E-state index contributed by atoms with van der Waals surface area (Å²) in [6, 6.07) is 17.8. The molecular formula is C26H21ClN4O2. The summed E-state index contributed by atoms with van der Waals surface area (Å²) >= 11 is 6.24.